The largest absolute Gasteiger partial charge is 0.309 e. The summed E-state index contributed by atoms with van der Waals surface area (Å²) < 4.78 is 5.03. The predicted octanol–water partition coefficient (Wildman–Crippen LogP) is 12.2. The van der Waals surface area contributed by atoms with E-state index in [9.17, 15) is 0 Å². The van der Waals surface area contributed by atoms with Crippen LogP contribution in [0.2, 0.25) is 0 Å². The number of rotatable bonds is 4. The van der Waals surface area contributed by atoms with Crippen LogP contribution in [-0.4, -0.2) is 14.5 Å². The van der Waals surface area contributed by atoms with E-state index < -0.39 is 0 Å². The van der Waals surface area contributed by atoms with Crippen LogP contribution < -0.4 is 0 Å². The summed E-state index contributed by atoms with van der Waals surface area (Å²) in [5.41, 5.74) is 9.94. The van der Waals surface area contributed by atoms with Gasteiger partial charge in [0.1, 0.15) is 0 Å². The van der Waals surface area contributed by atoms with Crippen LogP contribution in [0.3, 0.4) is 0 Å². The summed E-state index contributed by atoms with van der Waals surface area (Å²) in [6, 6.07) is 63.2. The van der Waals surface area contributed by atoms with Gasteiger partial charge in [-0.05, 0) is 59.4 Å². The number of nitrogens with zero attached hydrogens (tertiary/aromatic N) is 3. The summed E-state index contributed by atoms with van der Waals surface area (Å²) >= 11 is 1.87. The third-order valence-electron chi connectivity index (χ3n) is 9.00. The average Bonchev–Trinajstić information content (AvgIpc) is 3.74. The summed E-state index contributed by atoms with van der Waals surface area (Å²) in [4.78, 5) is 8.94. The van der Waals surface area contributed by atoms with Crippen molar-refractivity contribution in [3.8, 4) is 39.3 Å². The van der Waals surface area contributed by atoms with Gasteiger partial charge in [0, 0.05) is 74.7 Å². The molecule has 0 atom stereocenters. The molecule has 6 aromatic carbocycles. The van der Waals surface area contributed by atoms with Crippen molar-refractivity contribution in [2.45, 2.75) is 0 Å². The molecule has 0 saturated heterocycles. The Bertz CT molecular complexity index is 2700. The van der Waals surface area contributed by atoms with Crippen molar-refractivity contribution in [3.63, 3.8) is 0 Å². The van der Waals surface area contributed by atoms with Gasteiger partial charge in [0.25, 0.3) is 0 Å². The van der Waals surface area contributed by atoms with Gasteiger partial charge in [-0.3, -0.25) is 0 Å². The van der Waals surface area contributed by atoms with Crippen LogP contribution in [0, 0.1) is 12.1 Å². The van der Waals surface area contributed by atoms with Crippen LogP contribution >= 0.6 is 11.3 Å². The Hall–Kier alpha value is -5.71. The quantitative estimate of drug-likeness (QED) is 0.165. The van der Waals surface area contributed by atoms with E-state index in [0.717, 1.165) is 33.8 Å². The second kappa shape index (κ2) is 14.3. The predicted molar refractivity (Wildman–Crippen MR) is 210 cm³/mol. The van der Waals surface area contributed by atoms with Gasteiger partial charge in [-0.2, -0.15) is 0 Å². The molecule has 0 aliphatic carbocycles. The monoisotopic (exact) mass is 848 g/mol. The van der Waals surface area contributed by atoms with Crippen molar-refractivity contribution in [2.75, 3.05) is 0 Å². The molecule has 51 heavy (non-hydrogen) atoms. The average molecular weight is 848 g/mol. The molecule has 0 saturated carbocycles. The maximum absolute atomic E-state index is 4.73. The van der Waals surface area contributed by atoms with Gasteiger partial charge in [0.2, 0.25) is 0 Å². The third kappa shape index (κ3) is 6.06. The Morgan fingerprint density at radius 2 is 1.18 bits per heavy atom. The van der Waals surface area contributed by atoms with Gasteiger partial charge in [0.15, 0.2) is 0 Å². The molecule has 0 aliphatic heterocycles. The van der Waals surface area contributed by atoms with E-state index in [1.54, 1.807) is 6.20 Å². The number of aromatic nitrogens is 3. The van der Waals surface area contributed by atoms with Crippen LogP contribution in [0.4, 0.5) is 0 Å². The Labute approximate surface area is 313 Å². The topological polar surface area (TPSA) is 30.7 Å². The van der Waals surface area contributed by atoms with Crippen molar-refractivity contribution in [3.05, 3.63) is 188 Å². The maximum Gasteiger partial charge on any atom is 0.0633 e. The standard InChI is InChI=1S/C35H21N2S.C11H8N.Ir/c1-3-11-23(12-4-1)30-21-24(19-20-36-30)33-34-28(22-29-27-16-8-10-18-32(27)38-35(29)33)26-15-7-9-17-31(26)37(34)25-13-5-2-6-14-25;1-2-6-10(7-3-1)11-8-4-5-9-12-11;/h1-11,13-22H;1-6,8-9H;/q2*-1;. The molecule has 10 aromatic rings. The molecule has 5 heteroatoms. The smallest absolute Gasteiger partial charge is 0.0633 e. The molecule has 3 nitrogen and oxygen atoms in total. The van der Waals surface area contributed by atoms with E-state index in [1.165, 1.54) is 47.5 Å². The SMILES string of the molecule is [Ir].[c-]1ccccc1-c1cc(-c2c3sc4ccccc4c3cc3c4ccccc4n(-c4ccccc4)c23)ccn1.[c-]1ccccc1-c1ccccn1. The van der Waals surface area contributed by atoms with Crippen molar-refractivity contribution >= 4 is 53.3 Å². The molecule has 0 fully saturated rings. The Kier molecular flexibility index (Phi) is 9.09. The van der Waals surface area contributed by atoms with E-state index in [2.05, 4.69) is 125 Å². The van der Waals surface area contributed by atoms with Gasteiger partial charge in [-0.15, -0.1) is 83.1 Å². The Balaban J connectivity index is 0.000000245. The molecule has 10 rings (SSSR count). The minimum atomic E-state index is 0. The zero-order valence-electron chi connectivity index (χ0n) is 27.3. The van der Waals surface area contributed by atoms with Crippen molar-refractivity contribution in [1.29, 1.82) is 0 Å². The van der Waals surface area contributed by atoms with E-state index in [1.807, 2.05) is 78.2 Å². The van der Waals surface area contributed by atoms with Gasteiger partial charge in [-0.25, -0.2) is 0 Å². The summed E-state index contributed by atoms with van der Waals surface area (Å²) in [7, 11) is 0. The van der Waals surface area contributed by atoms with Crippen molar-refractivity contribution in [1.82, 2.24) is 14.5 Å². The molecule has 0 spiro atoms. The van der Waals surface area contributed by atoms with E-state index in [0.29, 0.717) is 0 Å². The number of thiophene rings is 1. The fourth-order valence-corrected chi connectivity index (χ4v) is 8.03. The van der Waals surface area contributed by atoms with Gasteiger partial charge in [-0.1, -0.05) is 72.8 Å². The molecule has 0 aliphatic rings. The second-order valence-corrected chi connectivity index (χ2v) is 13.1. The van der Waals surface area contributed by atoms with Crippen LogP contribution in [0.5, 0.6) is 0 Å². The fourth-order valence-electron chi connectivity index (χ4n) is 6.78. The van der Waals surface area contributed by atoms with Gasteiger partial charge < -0.3 is 14.5 Å². The van der Waals surface area contributed by atoms with Crippen LogP contribution in [-0.2, 0) is 20.1 Å². The van der Waals surface area contributed by atoms with Crippen LogP contribution in [0.1, 0.15) is 0 Å². The van der Waals surface area contributed by atoms with Gasteiger partial charge in [0.05, 0.1) is 11.0 Å². The first kappa shape index (κ1) is 32.5. The maximum atomic E-state index is 4.73. The third-order valence-corrected chi connectivity index (χ3v) is 10.2. The molecule has 0 bridgehead atoms. The number of hydrogen-bond acceptors (Lipinski definition) is 3. The fraction of sp³-hybridized carbons (Fsp3) is 0. The van der Waals surface area contributed by atoms with E-state index >= 15 is 0 Å². The molecular weight excluding hydrogens is 819 g/mol. The van der Waals surface area contributed by atoms with Crippen LogP contribution in [0.25, 0.3) is 81.3 Å². The van der Waals surface area contributed by atoms with Crippen molar-refractivity contribution in [2.24, 2.45) is 0 Å². The first-order valence-corrected chi connectivity index (χ1v) is 17.4. The zero-order chi connectivity index (χ0) is 33.3. The molecule has 0 N–H and O–H groups in total. The molecule has 0 amide bonds. The number of benzene rings is 6. The minimum absolute atomic E-state index is 0. The zero-order valence-corrected chi connectivity index (χ0v) is 30.5. The molecular formula is C46H29IrN3S-2. The molecule has 245 valence electrons. The first-order valence-electron chi connectivity index (χ1n) is 16.6. The normalized spacial score (nSPS) is 11.0. The van der Waals surface area contributed by atoms with E-state index in [-0.39, 0.29) is 20.1 Å². The number of pyridine rings is 2. The number of para-hydroxylation sites is 2. The second-order valence-electron chi connectivity index (χ2n) is 12.0. The first-order chi connectivity index (χ1) is 24.8. The van der Waals surface area contributed by atoms with Crippen molar-refractivity contribution < 1.29 is 20.1 Å². The summed E-state index contributed by atoms with van der Waals surface area (Å²) in [6.45, 7) is 0. The van der Waals surface area contributed by atoms with Crippen LogP contribution in [0.15, 0.2) is 176 Å². The van der Waals surface area contributed by atoms with Gasteiger partial charge >= 0.3 is 0 Å². The molecule has 4 aromatic heterocycles. The number of fused-ring (bicyclic) bond motifs is 6. The molecule has 4 heterocycles. The summed E-state index contributed by atoms with van der Waals surface area (Å²) in [5, 5.41) is 5.13. The summed E-state index contributed by atoms with van der Waals surface area (Å²) in [5.74, 6) is 0. The summed E-state index contributed by atoms with van der Waals surface area (Å²) in [6.07, 6.45) is 3.72. The number of hydrogen-bond donors (Lipinski definition) is 0. The molecule has 1 radical (unpaired) electrons. The molecule has 0 unspecified atom stereocenters. The minimum Gasteiger partial charge on any atom is -0.309 e. The Morgan fingerprint density at radius 1 is 0.510 bits per heavy atom. The van der Waals surface area contributed by atoms with E-state index in [4.69, 9.17) is 4.98 Å². The Morgan fingerprint density at radius 3 is 1.92 bits per heavy atom.